The molecule has 0 saturated heterocycles. The molecule has 0 aliphatic heterocycles. The van der Waals surface area contributed by atoms with Crippen LogP contribution in [0.3, 0.4) is 0 Å². The quantitative estimate of drug-likeness (QED) is 0.860. The van der Waals surface area contributed by atoms with E-state index in [1.807, 2.05) is 24.3 Å². The van der Waals surface area contributed by atoms with Crippen molar-refractivity contribution in [1.29, 1.82) is 0 Å². The van der Waals surface area contributed by atoms with Crippen molar-refractivity contribution in [1.82, 2.24) is 9.55 Å². The van der Waals surface area contributed by atoms with Gasteiger partial charge in [0.05, 0.1) is 22.9 Å². The third-order valence-corrected chi connectivity index (χ3v) is 4.88. The normalized spacial score (nSPS) is 22.0. The number of methoxy groups -OCH3 is 1. The molecular formula is C15H18N2O3S. The maximum absolute atomic E-state index is 10.8. The standard InChI is InChI=1S/C15H18N2O3S/c1-20-11-7-6-10(8-11)17-13-5-3-2-4-12(13)16-15(17)21-9-14(18)19/h2-5,10-11H,6-9H2,1H3,(H,18,19). The molecule has 1 aromatic carbocycles. The van der Waals surface area contributed by atoms with E-state index in [0.29, 0.717) is 6.04 Å². The number of thioether (sulfide) groups is 1. The molecule has 2 unspecified atom stereocenters. The number of ether oxygens (including phenoxy) is 1. The summed E-state index contributed by atoms with van der Waals surface area (Å²) in [4.78, 5) is 15.4. The molecule has 1 N–H and O–H groups in total. The number of aliphatic carboxylic acids is 1. The predicted molar refractivity (Wildman–Crippen MR) is 81.8 cm³/mol. The Morgan fingerprint density at radius 2 is 2.29 bits per heavy atom. The Labute approximate surface area is 127 Å². The van der Waals surface area contributed by atoms with Gasteiger partial charge >= 0.3 is 5.97 Å². The first-order valence-corrected chi connectivity index (χ1v) is 8.02. The van der Waals surface area contributed by atoms with Gasteiger partial charge in [-0.1, -0.05) is 23.9 Å². The molecule has 2 atom stereocenters. The monoisotopic (exact) mass is 306 g/mol. The highest BCUT2D eigenvalue weighted by Gasteiger charge is 2.29. The summed E-state index contributed by atoms with van der Waals surface area (Å²) in [6, 6.07) is 8.30. The molecule has 1 aromatic heterocycles. The van der Waals surface area contributed by atoms with Gasteiger partial charge in [-0.05, 0) is 31.4 Å². The number of nitrogens with zero attached hydrogens (tertiary/aromatic N) is 2. The molecule has 3 rings (SSSR count). The third-order valence-electron chi connectivity index (χ3n) is 3.94. The van der Waals surface area contributed by atoms with Crippen LogP contribution in [0.4, 0.5) is 0 Å². The van der Waals surface area contributed by atoms with Crippen molar-refractivity contribution in [3.8, 4) is 0 Å². The SMILES string of the molecule is COC1CCC(n2c(SCC(=O)O)nc3ccccc32)C1. The summed E-state index contributed by atoms with van der Waals surface area (Å²) in [6.07, 6.45) is 3.32. The number of carboxylic acids is 1. The fraction of sp³-hybridized carbons (Fsp3) is 0.467. The lowest BCUT2D eigenvalue weighted by atomic mass is 10.2. The van der Waals surface area contributed by atoms with Crippen molar-refractivity contribution in [3.63, 3.8) is 0 Å². The minimum absolute atomic E-state index is 0.0315. The van der Waals surface area contributed by atoms with Gasteiger partial charge in [0.25, 0.3) is 0 Å². The fourth-order valence-corrected chi connectivity index (χ4v) is 3.77. The van der Waals surface area contributed by atoms with Crippen LogP contribution < -0.4 is 0 Å². The number of rotatable bonds is 5. The van der Waals surface area contributed by atoms with Crippen LogP contribution in [0.15, 0.2) is 29.4 Å². The maximum atomic E-state index is 10.8. The molecule has 1 aliphatic rings. The van der Waals surface area contributed by atoms with Crippen LogP contribution >= 0.6 is 11.8 Å². The zero-order valence-corrected chi connectivity index (χ0v) is 12.7. The molecule has 1 fully saturated rings. The van der Waals surface area contributed by atoms with Crippen LogP contribution in [0.2, 0.25) is 0 Å². The lowest BCUT2D eigenvalue weighted by Gasteiger charge is -2.16. The highest BCUT2D eigenvalue weighted by Crippen LogP contribution is 2.37. The number of aromatic nitrogens is 2. The molecule has 5 nitrogen and oxygen atoms in total. The van der Waals surface area contributed by atoms with E-state index in [1.165, 1.54) is 11.8 Å². The molecule has 21 heavy (non-hydrogen) atoms. The topological polar surface area (TPSA) is 64.3 Å². The second-order valence-corrected chi connectivity index (χ2v) is 6.20. The van der Waals surface area contributed by atoms with Gasteiger partial charge in [-0.25, -0.2) is 4.98 Å². The third kappa shape index (κ3) is 2.91. The van der Waals surface area contributed by atoms with Gasteiger partial charge in [0.2, 0.25) is 0 Å². The van der Waals surface area contributed by atoms with Gasteiger partial charge < -0.3 is 14.4 Å². The van der Waals surface area contributed by atoms with Gasteiger partial charge in [0.15, 0.2) is 5.16 Å². The molecule has 6 heteroatoms. The number of carboxylic acid groups (broad SMARTS) is 1. The first kappa shape index (κ1) is 14.4. The van der Waals surface area contributed by atoms with E-state index < -0.39 is 5.97 Å². The van der Waals surface area contributed by atoms with Crippen LogP contribution in [0.5, 0.6) is 0 Å². The zero-order valence-electron chi connectivity index (χ0n) is 11.9. The van der Waals surface area contributed by atoms with Crippen molar-refractivity contribution in [2.75, 3.05) is 12.9 Å². The van der Waals surface area contributed by atoms with E-state index in [2.05, 4.69) is 9.55 Å². The number of benzene rings is 1. The van der Waals surface area contributed by atoms with Crippen molar-refractivity contribution >= 4 is 28.8 Å². The number of fused-ring (bicyclic) bond motifs is 1. The van der Waals surface area contributed by atoms with Crippen LogP contribution in [0.1, 0.15) is 25.3 Å². The van der Waals surface area contributed by atoms with Crippen LogP contribution in [0.25, 0.3) is 11.0 Å². The number of para-hydroxylation sites is 2. The molecule has 1 heterocycles. The summed E-state index contributed by atoms with van der Waals surface area (Å²) in [5.41, 5.74) is 2.00. The Morgan fingerprint density at radius 1 is 1.48 bits per heavy atom. The summed E-state index contributed by atoms with van der Waals surface area (Å²) < 4.78 is 7.65. The molecule has 1 aliphatic carbocycles. The van der Waals surface area contributed by atoms with E-state index >= 15 is 0 Å². The highest BCUT2D eigenvalue weighted by molar-refractivity contribution is 7.99. The minimum atomic E-state index is -0.820. The summed E-state index contributed by atoms with van der Waals surface area (Å²) in [5.74, 6) is -0.788. The Bertz CT molecular complexity index is 655. The molecule has 0 amide bonds. The fourth-order valence-electron chi connectivity index (χ4n) is 2.97. The predicted octanol–water partition coefficient (Wildman–Crippen LogP) is 2.95. The summed E-state index contributed by atoms with van der Waals surface area (Å²) >= 11 is 1.29. The van der Waals surface area contributed by atoms with E-state index in [4.69, 9.17) is 9.84 Å². The summed E-state index contributed by atoms with van der Waals surface area (Å²) in [6.45, 7) is 0. The van der Waals surface area contributed by atoms with Crippen molar-refractivity contribution in [3.05, 3.63) is 24.3 Å². The van der Waals surface area contributed by atoms with Gasteiger partial charge in [-0.15, -0.1) is 0 Å². The lowest BCUT2D eigenvalue weighted by Crippen LogP contribution is -2.10. The van der Waals surface area contributed by atoms with Crippen LogP contribution in [-0.4, -0.2) is 39.6 Å². The molecule has 1 saturated carbocycles. The average molecular weight is 306 g/mol. The Morgan fingerprint density at radius 3 is 3.00 bits per heavy atom. The Balaban J connectivity index is 1.97. The number of imidazole rings is 1. The maximum Gasteiger partial charge on any atom is 0.313 e. The zero-order chi connectivity index (χ0) is 14.8. The van der Waals surface area contributed by atoms with Crippen molar-refractivity contribution in [2.45, 2.75) is 36.6 Å². The van der Waals surface area contributed by atoms with Crippen LogP contribution in [-0.2, 0) is 9.53 Å². The van der Waals surface area contributed by atoms with Crippen molar-refractivity contribution in [2.24, 2.45) is 0 Å². The second kappa shape index (κ2) is 6.07. The molecule has 0 bridgehead atoms. The Hall–Kier alpha value is -1.53. The smallest absolute Gasteiger partial charge is 0.313 e. The second-order valence-electron chi connectivity index (χ2n) is 5.26. The van der Waals surface area contributed by atoms with Gasteiger partial charge in [0.1, 0.15) is 0 Å². The number of hydrogen-bond donors (Lipinski definition) is 1. The van der Waals surface area contributed by atoms with Crippen molar-refractivity contribution < 1.29 is 14.6 Å². The van der Waals surface area contributed by atoms with Crippen LogP contribution in [0, 0.1) is 0 Å². The minimum Gasteiger partial charge on any atom is -0.481 e. The first-order valence-electron chi connectivity index (χ1n) is 7.03. The average Bonchev–Trinajstić information content (AvgIpc) is 3.08. The van der Waals surface area contributed by atoms with E-state index in [-0.39, 0.29) is 11.9 Å². The van der Waals surface area contributed by atoms with Gasteiger partial charge in [-0.2, -0.15) is 0 Å². The Kier molecular flexibility index (Phi) is 4.17. The van der Waals surface area contributed by atoms with E-state index in [9.17, 15) is 4.79 Å². The van der Waals surface area contributed by atoms with E-state index in [1.54, 1.807) is 7.11 Å². The van der Waals surface area contributed by atoms with Gasteiger partial charge in [-0.3, -0.25) is 4.79 Å². The molecule has 2 aromatic rings. The largest absolute Gasteiger partial charge is 0.481 e. The molecule has 112 valence electrons. The lowest BCUT2D eigenvalue weighted by molar-refractivity contribution is -0.133. The summed E-state index contributed by atoms with van der Waals surface area (Å²) in [7, 11) is 1.75. The van der Waals surface area contributed by atoms with E-state index in [0.717, 1.165) is 35.5 Å². The number of hydrogen-bond acceptors (Lipinski definition) is 4. The number of carbonyl (C=O) groups is 1. The highest BCUT2D eigenvalue weighted by atomic mass is 32.2. The first-order chi connectivity index (χ1) is 10.2. The van der Waals surface area contributed by atoms with Gasteiger partial charge in [0, 0.05) is 13.2 Å². The molecular weight excluding hydrogens is 288 g/mol. The molecule has 0 radical (unpaired) electrons. The molecule has 0 spiro atoms. The summed E-state index contributed by atoms with van der Waals surface area (Å²) in [5, 5.41) is 9.70.